The lowest BCUT2D eigenvalue weighted by Gasteiger charge is -2.14. The van der Waals surface area contributed by atoms with E-state index in [-0.39, 0.29) is 17.1 Å². The maximum atomic E-state index is 12.2. The monoisotopic (exact) mass is 338 g/mol. The Balaban J connectivity index is 1.80. The lowest BCUT2D eigenvalue weighted by atomic mass is 9.94. The van der Waals surface area contributed by atoms with Gasteiger partial charge in [0.1, 0.15) is 17.4 Å². The van der Waals surface area contributed by atoms with Crippen molar-refractivity contribution < 1.29 is 9.21 Å². The van der Waals surface area contributed by atoms with Crippen LogP contribution >= 0.6 is 0 Å². The minimum absolute atomic E-state index is 0.0881. The van der Waals surface area contributed by atoms with Crippen molar-refractivity contribution in [3.05, 3.63) is 35.5 Å². The minimum atomic E-state index is -0.0881. The number of furan rings is 1. The molecule has 0 unspecified atom stereocenters. The van der Waals surface area contributed by atoms with E-state index in [1.807, 2.05) is 25.1 Å². The molecule has 0 amide bonds. The summed E-state index contributed by atoms with van der Waals surface area (Å²) in [5.41, 5.74) is 1.32. The Kier molecular flexibility index (Phi) is 3.52. The van der Waals surface area contributed by atoms with Gasteiger partial charge in [-0.15, -0.1) is 5.10 Å². The van der Waals surface area contributed by atoms with Gasteiger partial charge in [0.15, 0.2) is 17.2 Å². The van der Waals surface area contributed by atoms with E-state index in [1.54, 1.807) is 4.52 Å². The summed E-state index contributed by atoms with van der Waals surface area (Å²) in [7, 11) is 0. The van der Waals surface area contributed by atoms with Crippen LogP contribution in [0.3, 0.4) is 0 Å². The number of Topliss-reactive ketones (excluding diaryl/α,β-unsaturated/α-hetero) is 1. The summed E-state index contributed by atoms with van der Waals surface area (Å²) in [6, 6.07) is 5.72. The lowest BCUT2D eigenvalue weighted by Crippen LogP contribution is -2.10. The first kappa shape index (κ1) is 16.0. The smallest absolute Gasteiger partial charge is 0.199 e. The number of rotatable bonds is 4. The maximum Gasteiger partial charge on any atom is 0.199 e. The van der Waals surface area contributed by atoms with Gasteiger partial charge < -0.3 is 4.42 Å². The highest BCUT2D eigenvalue weighted by Crippen LogP contribution is 2.32. The van der Waals surface area contributed by atoms with Crippen molar-refractivity contribution in [2.75, 3.05) is 0 Å². The Labute approximate surface area is 146 Å². The topological polar surface area (TPSA) is 73.3 Å². The third-order valence-electron chi connectivity index (χ3n) is 4.44. The quantitative estimate of drug-likeness (QED) is 0.728. The maximum absolute atomic E-state index is 12.2. The van der Waals surface area contributed by atoms with Gasteiger partial charge >= 0.3 is 0 Å². The van der Waals surface area contributed by atoms with Gasteiger partial charge in [-0.1, -0.05) is 20.8 Å². The zero-order valence-corrected chi connectivity index (χ0v) is 15.0. The van der Waals surface area contributed by atoms with Gasteiger partial charge in [0.2, 0.25) is 0 Å². The molecule has 0 aliphatic heterocycles. The molecule has 0 saturated heterocycles. The van der Waals surface area contributed by atoms with E-state index < -0.39 is 0 Å². The number of hydrogen-bond acceptors (Lipinski definition) is 5. The molecular weight excluding hydrogens is 316 g/mol. The molecule has 3 aromatic rings. The van der Waals surface area contributed by atoms with Crippen LogP contribution in [-0.4, -0.2) is 25.4 Å². The SMILES string of the molecule is Cc1nc2cc(CC(=O)C3CC3)nc(-c3ccc(C(C)(C)C)o3)n2n1. The van der Waals surface area contributed by atoms with Gasteiger partial charge in [-0.05, 0) is 31.9 Å². The van der Waals surface area contributed by atoms with Gasteiger partial charge in [0.05, 0.1) is 5.69 Å². The summed E-state index contributed by atoms with van der Waals surface area (Å²) in [5.74, 6) is 3.25. The number of hydrogen-bond donors (Lipinski definition) is 0. The Bertz CT molecular complexity index is 958. The minimum Gasteiger partial charge on any atom is -0.457 e. The zero-order chi connectivity index (χ0) is 17.8. The summed E-state index contributed by atoms with van der Waals surface area (Å²) >= 11 is 0. The number of fused-ring (bicyclic) bond motifs is 1. The normalized spacial score (nSPS) is 15.0. The summed E-state index contributed by atoms with van der Waals surface area (Å²) in [6.45, 7) is 8.14. The van der Waals surface area contributed by atoms with E-state index >= 15 is 0 Å². The Morgan fingerprint density at radius 1 is 1.28 bits per heavy atom. The van der Waals surface area contributed by atoms with E-state index in [0.717, 1.165) is 24.3 Å². The van der Waals surface area contributed by atoms with E-state index in [4.69, 9.17) is 4.42 Å². The molecule has 0 bridgehead atoms. The summed E-state index contributed by atoms with van der Waals surface area (Å²) in [4.78, 5) is 21.3. The van der Waals surface area contributed by atoms with Crippen molar-refractivity contribution in [2.45, 2.75) is 52.4 Å². The van der Waals surface area contributed by atoms with Crippen LogP contribution in [0, 0.1) is 12.8 Å². The Morgan fingerprint density at radius 3 is 2.68 bits per heavy atom. The number of aromatic nitrogens is 4. The molecule has 3 heterocycles. The molecule has 130 valence electrons. The van der Waals surface area contributed by atoms with Crippen LogP contribution in [0.15, 0.2) is 22.6 Å². The lowest BCUT2D eigenvalue weighted by molar-refractivity contribution is -0.119. The van der Waals surface area contributed by atoms with Crippen LogP contribution in [0.5, 0.6) is 0 Å². The molecule has 1 fully saturated rings. The van der Waals surface area contributed by atoms with E-state index in [9.17, 15) is 4.79 Å². The highest BCUT2D eigenvalue weighted by atomic mass is 16.3. The molecule has 1 saturated carbocycles. The molecule has 6 nitrogen and oxygen atoms in total. The standard InChI is InChI=1S/C19H22N4O2/c1-11-20-17-10-13(9-14(24)12-5-6-12)21-18(23(17)22-11)15-7-8-16(25-15)19(2,3)4/h7-8,10,12H,5-6,9H2,1-4H3. The molecule has 0 radical (unpaired) electrons. The fourth-order valence-corrected chi connectivity index (χ4v) is 2.88. The van der Waals surface area contributed by atoms with Gasteiger partial charge in [-0.3, -0.25) is 4.79 Å². The first-order chi connectivity index (χ1) is 11.8. The van der Waals surface area contributed by atoms with Crippen molar-refractivity contribution in [3.63, 3.8) is 0 Å². The van der Waals surface area contributed by atoms with Gasteiger partial charge in [-0.25, -0.2) is 9.97 Å². The molecule has 0 aromatic carbocycles. The molecule has 0 N–H and O–H groups in total. The molecule has 6 heteroatoms. The Morgan fingerprint density at radius 2 is 2.04 bits per heavy atom. The second-order valence-electron chi connectivity index (χ2n) is 7.83. The first-order valence-electron chi connectivity index (χ1n) is 8.68. The fraction of sp³-hybridized carbons (Fsp3) is 0.474. The average Bonchev–Trinajstić information content (AvgIpc) is 3.12. The van der Waals surface area contributed by atoms with Crippen LogP contribution in [0.2, 0.25) is 0 Å². The van der Waals surface area contributed by atoms with Crippen LogP contribution in [0.1, 0.15) is 50.9 Å². The molecule has 1 aliphatic carbocycles. The van der Waals surface area contributed by atoms with Crippen molar-refractivity contribution in [1.82, 2.24) is 19.6 Å². The summed E-state index contributed by atoms with van der Waals surface area (Å²) < 4.78 is 7.72. The molecule has 1 aliphatic rings. The molecule has 25 heavy (non-hydrogen) atoms. The van der Waals surface area contributed by atoms with E-state index in [0.29, 0.717) is 29.5 Å². The van der Waals surface area contributed by atoms with Crippen molar-refractivity contribution in [1.29, 1.82) is 0 Å². The molecule has 4 rings (SSSR count). The average molecular weight is 338 g/mol. The number of ketones is 1. The zero-order valence-electron chi connectivity index (χ0n) is 15.0. The highest BCUT2D eigenvalue weighted by molar-refractivity contribution is 5.85. The van der Waals surface area contributed by atoms with Crippen LogP contribution in [-0.2, 0) is 16.6 Å². The van der Waals surface area contributed by atoms with Crippen LogP contribution in [0.25, 0.3) is 17.2 Å². The number of aryl methyl sites for hydroxylation is 1. The highest BCUT2D eigenvalue weighted by Gasteiger charge is 2.30. The molecule has 0 atom stereocenters. The molecular formula is C19H22N4O2. The fourth-order valence-electron chi connectivity index (χ4n) is 2.88. The third-order valence-corrected chi connectivity index (χ3v) is 4.44. The predicted octanol–water partition coefficient (Wildman–Crippen LogP) is 3.51. The Hall–Kier alpha value is -2.50. The van der Waals surface area contributed by atoms with Crippen LogP contribution < -0.4 is 0 Å². The number of carbonyl (C=O) groups is 1. The largest absolute Gasteiger partial charge is 0.457 e. The van der Waals surface area contributed by atoms with Gasteiger partial charge in [-0.2, -0.15) is 4.52 Å². The van der Waals surface area contributed by atoms with Crippen molar-refractivity contribution in [2.24, 2.45) is 5.92 Å². The third kappa shape index (κ3) is 3.08. The van der Waals surface area contributed by atoms with Crippen molar-refractivity contribution >= 4 is 11.4 Å². The summed E-state index contributed by atoms with van der Waals surface area (Å²) in [6.07, 6.45) is 2.35. The van der Waals surface area contributed by atoms with Crippen molar-refractivity contribution in [3.8, 4) is 11.6 Å². The van der Waals surface area contributed by atoms with E-state index in [1.165, 1.54) is 0 Å². The predicted molar refractivity (Wildman–Crippen MR) is 93.4 cm³/mol. The molecule has 0 spiro atoms. The van der Waals surface area contributed by atoms with Crippen LogP contribution in [0.4, 0.5) is 0 Å². The van der Waals surface area contributed by atoms with Gasteiger partial charge in [0.25, 0.3) is 0 Å². The second kappa shape index (κ2) is 5.51. The number of nitrogens with zero attached hydrogens (tertiary/aromatic N) is 4. The second-order valence-corrected chi connectivity index (χ2v) is 7.83. The number of carbonyl (C=O) groups excluding carboxylic acids is 1. The first-order valence-corrected chi connectivity index (χ1v) is 8.68. The molecule has 3 aromatic heterocycles. The summed E-state index contributed by atoms with van der Waals surface area (Å²) in [5, 5.41) is 4.43. The van der Waals surface area contributed by atoms with Gasteiger partial charge in [0, 0.05) is 23.8 Å². The van der Waals surface area contributed by atoms with E-state index in [2.05, 4.69) is 35.8 Å².